The highest BCUT2D eigenvalue weighted by atomic mass is 16.6. The maximum absolute atomic E-state index is 12.1. The Morgan fingerprint density at radius 2 is 1.89 bits per heavy atom. The topological polar surface area (TPSA) is 67.6 Å². The SMILES string of the molecule is CCCCCCCNC(=O)Oc1ccc2c(CCC3CCN(Cc4ccccc4)CC3)noc2c1. The molecule has 1 saturated heterocycles. The second kappa shape index (κ2) is 13.3. The fourth-order valence-corrected chi connectivity index (χ4v) is 4.89. The Morgan fingerprint density at radius 1 is 1.09 bits per heavy atom. The summed E-state index contributed by atoms with van der Waals surface area (Å²) >= 11 is 0. The molecule has 0 radical (unpaired) electrons. The standard InChI is InChI=1S/C29H39N3O3/c1-2-3-4-5-9-18-30-29(33)34-25-13-14-26-27(31-35-28(26)21-25)15-12-23-16-19-32(20-17-23)22-24-10-7-6-8-11-24/h6-8,10-11,13-14,21,23H,2-5,9,12,15-20,22H2,1H3,(H,30,33). The monoisotopic (exact) mass is 477 g/mol. The molecule has 4 rings (SSSR count). The quantitative estimate of drug-likeness (QED) is 0.293. The van der Waals surface area contributed by atoms with Gasteiger partial charge in [-0.1, -0.05) is 68.1 Å². The zero-order chi connectivity index (χ0) is 24.3. The minimum Gasteiger partial charge on any atom is -0.410 e. The van der Waals surface area contributed by atoms with Gasteiger partial charge >= 0.3 is 6.09 Å². The molecule has 0 atom stereocenters. The van der Waals surface area contributed by atoms with Gasteiger partial charge in [-0.05, 0) is 68.8 Å². The molecule has 1 amide bonds. The van der Waals surface area contributed by atoms with Crippen molar-refractivity contribution in [2.75, 3.05) is 19.6 Å². The Morgan fingerprint density at radius 3 is 2.69 bits per heavy atom. The summed E-state index contributed by atoms with van der Waals surface area (Å²) in [5, 5.41) is 8.15. The largest absolute Gasteiger partial charge is 0.412 e. The normalized spacial score (nSPS) is 14.9. The Kier molecular flexibility index (Phi) is 9.58. The number of nitrogens with one attached hydrogen (secondary N) is 1. The number of carbonyl (C=O) groups is 1. The number of aromatic nitrogens is 1. The van der Waals surface area contributed by atoms with Crippen LogP contribution in [-0.2, 0) is 13.0 Å². The van der Waals surface area contributed by atoms with E-state index < -0.39 is 6.09 Å². The molecule has 1 N–H and O–H groups in total. The van der Waals surface area contributed by atoms with Crippen molar-refractivity contribution < 1.29 is 14.1 Å². The second-order valence-corrected chi connectivity index (χ2v) is 9.76. The number of carbonyl (C=O) groups excluding carboxylic acids is 1. The van der Waals surface area contributed by atoms with E-state index in [0.29, 0.717) is 17.9 Å². The third kappa shape index (κ3) is 7.82. The van der Waals surface area contributed by atoms with Crippen LogP contribution in [0.25, 0.3) is 11.0 Å². The average Bonchev–Trinajstić information content (AvgIpc) is 3.28. The number of fused-ring (bicyclic) bond motifs is 1. The molecule has 188 valence electrons. The van der Waals surface area contributed by atoms with Gasteiger partial charge in [0.1, 0.15) is 5.75 Å². The number of aryl methyl sites for hydroxylation is 1. The molecule has 0 spiro atoms. The predicted molar refractivity (Wildman–Crippen MR) is 140 cm³/mol. The summed E-state index contributed by atoms with van der Waals surface area (Å²) < 4.78 is 11.0. The number of ether oxygens (including phenoxy) is 1. The zero-order valence-corrected chi connectivity index (χ0v) is 21.0. The molecule has 0 saturated carbocycles. The first-order valence-electron chi connectivity index (χ1n) is 13.3. The summed E-state index contributed by atoms with van der Waals surface area (Å²) in [5.41, 5.74) is 3.06. The van der Waals surface area contributed by atoms with Gasteiger partial charge in [0.25, 0.3) is 0 Å². The maximum Gasteiger partial charge on any atom is 0.412 e. The molecule has 6 heteroatoms. The molecule has 0 aliphatic carbocycles. The Labute approximate surface area is 209 Å². The molecule has 1 aliphatic heterocycles. The van der Waals surface area contributed by atoms with Gasteiger partial charge in [-0.3, -0.25) is 4.90 Å². The lowest BCUT2D eigenvalue weighted by Gasteiger charge is -2.31. The van der Waals surface area contributed by atoms with Gasteiger partial charge in [0.2, 0.25) is 0 Å². The molecule has 35 heavy (non-hydrogen) atoms. The maximum atomic E-state index is 12.1. The first-order chi connectivity index (χ1) is 17.2. The number of unbranched alkanes of at least 4 members (excludes halogenated alkanes) is 4. The number of rotatable bonds is 12. The molecular formula is C29H39N3O3. The molecule has 1 aliphatic rings. The summed E-state index contributed by atoms with van der Waals surface area (Å²) in [6, 6.07) is 16.3. The lowest BCUT2D eigenvalue weighted by molar-refractivity contribution is 0.172. The highest BCUT2D eigenvalue weighted by Crippen LogP contribution is 2.28. The number of benzene rings is 2. The molecule has 0 bridgehead atoms. The summed E-state index contributed by atoms with van der Waals surface area (Å²) in [6.45, 7) is 6.19. The number of likely N-dealkylation sites (tertiary alicyclic amines) is 1. The molecule has 0 unspecified atom stereocenters. The van der Waals surface area contributed by atoms with E-state index in [9.17, 15) is 4.79 Å². The van der Waals surface area contributed by atoms with Gasteiger partial charge in [-0.15, -0.1) is 0 Å². The Bertz CT molecular complexity index is 1040. The highest BCUT2D eigenvalue weighted by molar-refractivity contribution is 5.82. The van der Waals surface area contributed by atoms with Gasteiger partial charge in [0.15, 0.2) is 5.58 Å². The number of hydrogen-bond acceptors (Lipinski definition) is 5. The summed E-state index contributed by atoms with van der Waals surface area (Å²) in [5.74, 6) is 1.21. The van der Waals surface area contributed by atoms with Gasteiger partial charge in [-0.2, -0.15) is 0 Å². The number of hydrogen-bond donors (Lipinski definition) is 1. The van der Waals surface area contributed by atoms with Crippen LogP contribution in [0, 0.1) is 5.92 Å². The van der Waals surface area contributed by atoms with Crippen LogP contribution in [0.4, 0.5) is 4.79 Å². The molecule has 3 aromatic rings. The second-order valence-electron chi connectivity index (χ2n) is 9.76. The van der Waals surface area contributed by atoms with E-state index in [4.69, 9.17) is 9.26 Å². The van der Waals surface area contributed by atoms with E-state index in [0.717, 1.165) is 62.3 Å². The van der Waals surface area contributed by atoms with Crippen molar-refractivity contribution in [3.63, 3.8) is 0 Å². The highest BCUT2D eigenvalue weighted by Gasteiger charge is 2.20. The minimum atomic E-state index is -0.418. The van der Waals surface area contributed by atoms with Gasteiger partial charge < -0.3 is 14.6 Å². The third-order valence-corrected chi connectivity index (χ3v) is 7.02. The lowest BCUT2D eigenvalue weighted by atomic mass is 9.91. The van der Waals surface area contributed by atoms with Crippen LogP contribution in [0.15, 0.2) is 53.1 Å². The van der Waals surface area contributed by atoms with Crippen LogP contribution in [0.5, 0.6) is 5.75 Å². The van der Waals surface area contributed by atoms with E-state index in [1.165, 1.54) is 37.7 Å². The fourth-order valence-electron chi connectivity index (χ4n) is 4.89. The predicted octanol–water partition coefficient (Wildman–Crippen LogP) is 6.73. The van der Waals surface area contributed by atoms with E-state index >= 15 is 0 Å². The van der Waals surface area contributed by atoms with Crippen LogP contribution >= 0.6 is 0 Å². The Hall–Kier alpha value is -2.86. The molecular weight excluding hydrogens is 438 g/mol. The summed E-state index contributed by atoms with van der Waals surface area (Å²) in [4.78, 5) is 14.6. The van der Waals surface area contributed by atoms with Crippen molar-refractivity contribution in [2.24, 2.45) is 5.92 Å². The van der Waals surface area contributed by atoms with E-state index in [1.807, 2.05) is 12.1 Å². The van der Waals surface area contributed by atoms with Gasteiger partial charge in [0, 0.05) is 24.5 Å². The van der Waals surface area contributed by atoms with Crippen molar-refractivity contribution in [1.29, 1.82) is 0 Å². The van der Waals surface area contributed by atoms with Crippen molar-refractivity contribution in [1.82, 2.24) is 15.4 Å². The van der Waals surface area contributed by atoms with E-state index in [1.54, 1.807) is 6.07 Å². The van der Waals surface area contributed by atoms with Crippen LogP contribution in [-0.4, -0.2) is 35.8 Å². The lowest BCUT2D eigenvalue weighted by Crippen LogP contribution is -2.33. The number of piperidine rings is 1. The molecule has 1 fully saturated rings. The first-order valence-corrected chi connectivity index (χ1v) is 13.3. The molecule has 2 heterocycles. The third-order valence-electron chi connectivity index (χ3n) is 7.02. The molecule has 6 nitrogen and oxygen atoms in total. The first kappa shape index (κ1) is 25.2. The number of nitrogens with zero attached hydrogens (tertiary/aromatic N) is 2. The zero-order valence-electron chi connectivity index (χ0n) is 21.0. The van der Waals surface area contributed by atoms with Crippen molar-refractivity contribution in [3.8, 4) is 5.75 Å². The van der Waals surface area contributed by atoms with E-state index in [-0.39, 0.29) is 0 Å². The van der Waals surface area contributed by atoms with Crippen molar-refractivity contribution in [3.05, 3.63) is 59.8 Å². The smallest absolute Gasteiger partial charge is 0.410 e. The van der Waals surface area contributed by atoms with Gasteiger partial charge in [-0.25, -0.2) is 4.79 Å². The Balaban J connectivity index is 1.19. The van der Waals surface area contributed by atoms with Crippen LogP contribution < -0.4 is 10.1 Å². The number of amides is 1. The minimum absolute atomic E-state index is 0.418. The summed E-state index contributed by atoms with van der Waals surface area (Å²) in [6.07, 6.45) is 9.87. The summed E-state index contributed by atoms with van der Waals surface area (Å²) in [7, 11) is 0. The van der Waals surface area contributed by atoms with E-state index in [2.05, 4.69) is 52.6 Å². The van der Waals surface area contributed by atoms with Crippen LogP contribution in [0.3, 0.4) is 0 Å². The average molecular weight is 478 g/mol. The molecule has 1 aromatic heterocycles. The fraction of sp³-hybridized carbons (Fsp3) is 0.517. The van der Waals surface area contributed by atoms with Gasteiger partial charge in [0.05, 0.1) is 5.69 Å². The van der Waals surface area contributed by atoms with Crippen LogP contribution in [0.2, 0.25) is 0 Å². The van der Waals surface area contributed by atoms with Crippen molar-refractivity contribution >= 4 is 17.1 Å². The molecule has 2 aromatic carbocycles. The van der Waals surface area contributed by atoms with Crippen LogP contribution in [0.1, 0.15) is 69.5 Å². The van der Waals surface area contributed by atoms with Crippen molar-refractivity contribution in [2.45, 2.75) is 71.3 Å².